The lowest BCUT2D eigenvalue weighted by Gasteiger charge is -2.30. The molecule has 0 radical (unpaired) electrons. The molecule has 266 valence electrons. The second-order valence-electron chi connectivity index (χ2n) is 14.2. The van der Waals surface area contributed by atoms with E-state index in [4.69, 9.17) is 10.5 Å². The first-order chi connectivity index (χ1) is 22.7. The van der Waals surface area contributed by atoms with Crippen molar-refractivity contribution < 1.29 is 23.9 Å². The van der Waals surface area contributed by atoms with E-state index in [2.05, 4.69) is 26.3 Å². The van der Waals surface area contributed by atoms with Crippen LogP contribution in [0.25, 0.3) is 0 Å². The van der Waals surface area contributed by atoms with Gasteiger partial charge in [-0.3, -0.25) is 24.2 Å². The van der Waals surface area contributed by atoms with E-state index >= 15 is 0 Å². The van der Waals surface area contributed by atoms with Gasteiger partial charge in [-0.25, -0.2) is 0 Å². The molecule has 11 nitrogen and oxygen atoms in total. The summed E-state index contributed by atoms with van der Waals surface area (Å²) in [6.07, 6.45) is 4.37. The molecular weight excluding hydrogens is 608 g/mol. The molecule has 48 heavy (non-hydrogen) atoms. The van der Waals surface area contributed by atoms with Crippen molar-refractivity contribution in [2.45, 2.75) is 111 Å². The van der Waals surface area contributed by atoms with Gasteiger partial charge in [0.25, 0.3) is 0 Å². The fourth-order valence-corrected chi connectivity index (χ4v) is 5.21. The van der Waals surface area contributed by atoms with Gasteiger partial charge in [0.15, 0.2) is 0 Å². The number of amides is 4. The Balaban J connectivity index is 2.18. The van der Waals surface area contributed by atoms with Crippen molar-refractivity contribution in [3.63, 3.8) is 0 Å². The fourth-order valence-electron chi connectivity index (χ4n) is 5.21. The number of pyridine rings is 1. The number of ether oxygens (including phenoxy) is 1. The van der Waals surface area contributed by atoms with Gasteiger partial charge in [-0.1, -0.05) is 85.7 Å². The zero-order chi connectivity index (χ0) is 35.8. The summed E-state index contributed by atoms with van der Waals surface area (Å²) in [5.74, 6) is -0.551. The molecule has 4 amide bonds. The Kier molecular flexibility index (Phi) is 17.1. The molecule has 0 saturated heterocycles. The van der Waals surface area contributed by atoms with Crippen LogP contribution in [0.2, 0.25) is 0 Å². The van der Waals surface area contributed by atoms with E-state index in [0.717, 1.165) is 5.56 Å². The van der Waals surface area contributed by atoms with Crippen LogP contribution in [0.1, 0.15) is 80.2 Å². The zero-order valence-corrected chi connectivity index (χ0v) is 30.0. The van der Waals surface area contributed by atoms with Gasteiger partial charge >= 0.3 is 0 Å². The van der Waals surface area contributed by atoms with E-state index in [0.29, 0.717) is 25.0 Å². The molecule has 0 aliphatic carbocycles. The van der Waals surface area contributed by atoms with E-state index in [-0.39, 0.29) is 54.6 Å². The first-order valence-corrected chi connectivity index (χ1v) is 17.2. The van der Waals surface area contributed by atoms with Crippen LogP contribution in [-0.2, 0) is 25.6 Å². The van der Waals surface area contributed by atoms with Crippen molar-refractivity contribution in [1.29, 1.82) is 0 Å². The van der Waals surface area contributed by atoms with Crippen LogP contribution in [0, 0.1) is 23.7 Å². The lowest BCUT2D eigenvalue weighted by atomic mass is 9.95. The van der Waals surface area contributed by atoms with Crippen molar-refractivity contribution in [3.8, 4) is 5.75 Å². The van der Waals surface area contributed by atoms with E-state index in [1.165, 1.54) is 0 Å². The molecule has 0 bridgehead atoms. The first-order valence-electron chi connectivity index (χ1n) is 17.2. The number of aromatic nitrogens is 1. The van der Waals surface area contributed by atoms with Crippen molar-refractivity contribution in [2.75, 3.05) is 6.61 Å². The highest BCUT2D eigenvalue weighted by molar-refractivity contribution is 5.92. The summed E-state index contributed by atoms with van der Waals surface area (Å²) in [6, 6.07) is 9.92. The van der Waals surface area contributed by atoms with Crippen molar-refractivity contribution in [1.82, 2.24) is 26.3 Å². The summed E-state index contributed by atoms with van der Waals surface area (Å²) in [4.78, 5) is 57.2. The van der Waals surface area contributed by atoms with Crippen LogP contribution in [0.5, 0.6) is 5.75 Å². The number of nitrogens with two attached hydrogens (primary N) is 1. The molecule has 1 aromatic heterocycles. The van der Waals surface area contributed by atoms with Crippen LogP contribution in [0.15, 0.2) is 54.9 Å². The maximum Gasteiger partial charge on any atom is 0.243 e. The molecule has 6 N–H and O–H groups in total. The SMILES string of the molecule is CC(C)CC(=O)NC(CC(C)C)C(=O)NC(C(=O)N[C@@H](Cc1ccccc1)[C@@H](N)CC(=O)N[C@H](COc1cccnc1)C(C)C)C(C)C. The van der Waals surface area contributed by atoms with Gasteiger partial charge in [-0.15, -0.1) is 0 Å². The van der Waals surface area contributed by atoms with Gasteiger partial charge in [0, 0.05) is 31.1 Å². The molecule has 2 unspecified atom stereocenters. The number of nitrogens with zero attached hydrogens (tertiary/aromatic N) is 1. The van der Waals surface area contributed by atoms with Gasteiger partial charge in [0.05, 0.1) is 12.2 Å². The van der Waals surface area contributed by atoms with Crippen molar-refractivity contribution in [3.05, 3.63) is 60.4 Å². The molecule has 0 aliphatic rings. The maximum absolute atomic E-state index is 13.8. The van der Waals surface area contributed by atoms with Crippen LogP contribution in [0.3, 0.4) is 0 Å². The minimum absolute atomic E-state index is 0.0368. The standard InChI is InChI=1S/C37H58N6O5/c1-23(2)17-31(40-33(44)18-24(3)4)36(46)43-35(26(7)8)37(47)42-30(19-27-13-10-9-11-14-27)29(38)20-34(45)41-32(25(5)6)22-48-28-15-12-16-39-21-28/h9-16,21,23-26,29-32,35H,17-20,22,38H2,1-8H3,(H,40,44)(H,41,45)(H,42,47)(H,43,46)/t29-,30-,31?,32+,35?/m0/s1. The first kappa shape index (κ1) is 40.2. The lowest BCUT2D eigenvalue weighted by Crippen LogP contribution is -2.59. The molecule has 0 aliphatic heterocycles. The Morgan fingerprint density at radius 2 is 1.40 bits per heavy atom. The maximum atomic E-state index is 13.8. The van der Waals surface area contributed by atoms with Crippen molar-refractivity contribution >= 4 is 23.6 Å². The average molecular weight is 667 g/mol. The molecule has 2 rings (SSSR count). The molecular formula is C37H58N6O5. The highest BCUT2D eigenvalue weighted by Crippen LogP contribution is 2.14. The third-order valence-corrected chi connectivity index (χ3v) is 7.98. The minimum Gasteiger partial charge on any atom is -0.490 e. The number of hydrogen-bond donors (Lipinski definition) is 5. The fraction of sp³-hybridized carbons (Fsp3) is 0.595. The van der Waals surface area contributed by atoms with E-state index in [1.807, 2.05) is 85.7 Å². The van der Waals surface area contributed by atoms with Crippen LogP contribution in [0.4, 0.5) is 0 Å². The van der Waals surface area contributed by atoms with Crippen LogP contribution < -0.4 is 31.7 Å². The quantitative estimate of drug-likeness (QED) is 0.144. The molecule has 2 aromatic rings. The molecule has 1 heterocycles. The summed E-state index contributed by atoms with van der Waals surface area (Å²) in [5.41, 5.74) is 7.60. The monoisotopic (exact) mass is 666 g/mol. The predicted octanol–water partition coefficient (Wildman–Crippen LogP) is 3.76. The number of rotatable bonds is 20. The van der Waals surface area contributed by atoms with E-state index in [9.17, 15) is 19.2 Å². The van der Waals surface area contributed by atoms with Gasteiger partial charge < -0.3 is 31.7 Å². The number of hydrogen-bond acceptors (Lipinski definition) is 7. The Bertz CT molecular complexity index is 1270. The van der Waals surface area contributed by atoms with Crippen molar-refractivity contribution in [2.24, 2.45) is 29.4 Å². The topological polar surface area (TPSA) is 165 Å². The zero-order valence-electron chi connectivity index (χ0n) is 30.0. The van der Waals surface area contributed by atoms with Crippen LogP contribution >= 0.6 is 0 Å². The molecule has 5 atom stereocenters. The number of carbonyl (C=O) groups is 4. The van der Waals surface area contributed by atoms with Gasteiger partial charge in [0.2, 0.25) is 23.6 Å². The summed E-state index contributed by atoms with van der Waals surface area (Å²) in [5, 5.41) is 11.8. The Hall–Kier alpha value is -3.99. The predicted molar refractivity (Wildman–Crippen MR) is 189 cm³/mol. The minimum atomic E-state index is -0.886. The Morgan fingerprint density at radius 3 is 1.96 bits per heavy atom. The Labute approximate surface area is 286 Å². The third-order valence-electron chi connectivity index (χ3n) is 7.98. The number of benzene rings is 1. The lowest BCUT2D eigenvalue weighted by molar-refractivity contribution is -0.133. The second-order valence-corrected chi connectivity index (χ2v) is 14.2. The van der Waals surface area contributed by atoms with Gasteiger partial charge in [-0.2, -0.15) is 0 Å². The molecule has 1 aromatic carbocycles. The van der Waals surface area contributed by atoms with E-state index < -0.39 is 36.0 Å². The molecule has 0 spiro atoms. The molecule has 0 fully saturated rings. The summed E-state index contributed by atoms with van der Waals surface area (Å²) < 4.78 is 5.85. The van der Waals surface area contributed by atoms with Crippen LogP contribution in [-0.4, -0.2) is 65.4 Å². The average Bonchev–Trinajstić information content (AvgIpc) is 3.01. The third kappa shape index (κ3) is 14.8. The highest BCUT2D eigenvalue weighted by atomic mass is 16.5. The Morgan fingerprint density at radius 1 is 0.729 bits per heavy atom. The normalized spacial score (nSPS) is 14.6. The summed E-state index contributed by atoms with van der Waals surface area (Å²) in [7, 11) is 0. The molecule has 0 saturated carbocycles. The summed E-state index contributed by atoms with van der Waals surface area (Å²) in [6.45, 7) is 15.8. The number of nitrogens with one attached hydrogen (secondary N) is 4. The van der Waals surface area contributed by atoms with Gasteiger partial charge in [0.1, 0.15) is 24.4 Å². The van der Waals surface area contributed by atoms with Gasteiger partial charge in [-0.05, 0) is 54.2 Å². The highest BCUT2D eigenvalue weighted by Gasteiger charge is 2.32. The largest absolute Gasteiger partial charge is 0.490 e. The summed E-state index contributed by atoms with van der Waals surface area (Å²) >= 11 is 0. The second kappa shape index (κ2) is 20.4. The molecule has 11 heteroatoms. The van der Waals surface area contributed by atoms with E-state index in [1.54, 1.807) is 24.5 Å². The number of carbonyl (C=O) groups excluding carboxylic acids is 4. The smallest absolute Gasteiger partial charge is 0.243 e.